The van der Waals surface area contributed by atoms with E-state index >= 15 is 0 Å². The molecule has 0 radical (unpaired) electrons. The first-order valence-corrected chi connectivity index (χ1v) is 8.68. The van der Waals surface area contributed by atoms with Gasteiger partial charge >= 0.3 is 0 Å². The molecule has 23 heavy (non-hydrogen) atoms. The van der Waals surface area contributed by atoms with Gasteiger partial charge in [0, 0.05) is 14.8 Å². The third kappa shape index (κ3) is 5.40. The Morgan fingerprint density at radius 3 is 2.35 bits per heavy atom. The van der Waals surface area contributed by atoms with Gasteiger partial charge in [-0.05, 0) is 41.8 Å². The molecule has 0 aliphatic rings. The SMILES string of the molecule is CCC(C)[C@H](O)[C@H](N)c1ccccc1Sc1ccc(Cl)cc1.Cl. The van der Waals surface area contributed by atoms with Crippen molar-refractivity contribution in [2.45, 2.75) is 42.2 Å². The van der Waals surface area contributed by atoms with Crippen LogP contribution in [-0.4, -0.2) is 11.2 Å². The van der Waals surface area contributed by atoms with Gasteiger partial charge in [0.1, 0.15) is 0 Å². The Bertz CT molecular complexity index is 606. The third-order valence-corrected chi connectivity index (χ3v) is 5.27. The van der Waals surface area contributed by atoms with E-state index in [9.17, 15) is 5.11 Å². The van der Waals surface area contributed by atoms with E-state index in [0.717, 1.165) is 26.8 Å². The molecular formula is C18H23Cl2NOS. The molecule has 2 nitrogen and oxygen atoms in total. The van der Waals surface area contributed by atoms with Gasteiger partial charge in [-0.3, -0.25) is 0 Å². The van der Waals surface area contributed by atoms with Crippen LogP contribution in [-0.2, 0) is 0 Å². The average Bonchev–Trinajstić information content (AvgIpc) is 2.55. The number of rotatable bonds is 6. The molecule has 3 N–H and O–H groups in total. The Labute approximate surface area is 153 Å². The lowest BCUT2D eigenvalue weighted by molar-refractivity contribution is 0.0872. The van der Waals surface area contributed by atoms with Crippen molar-refractivity contribution >= 4 is 35.8 Å². The monoisotopic (exact) mass is 371 g/mol. The van der Waals surface area contributed by atoms with Crippen molar-refractivity contribution in [2.24, 2.45) is 11.7 Å². The number of aliphatic hydroxyl groups excluding tert-OH is 1. The summed E-state index contributed by atoms with van der Waals surface area (Å²) in [5.41, 5.74) is 7.29. The molecule has 0 bridgehead atoms. The van der Waals surface area contributed by atoms with Gasteiger partial charge in [0.15, 0.2) is 0 Å². The molecule has 0 amide bonds. The maximum atomic E-state index is 10.4. The number of benzene rings is 2. The highest BCUT2D eigenvalue weighted by atomic mass is 35.5. The van der Waals surface area contributed by atoms with Crippen LogP contribution in [0.2, 0.25) is 5.02 Å². The van der Waals surface area contributed by atoms with Crippen LogP contribution in [0, 0.1) is 5.92 Å². The van der Waals surface area contributed by atoms with Crippen molar-refractivity contribution in [1.29, 1.82) is 0 Å². The van der Waals surface area contributed by atoms with Gasteiger partial charge in [-0.25, -0.2) is 0 Å². The van der Waals surface area contributed by atoms with E-state index in [4.69, 9.17) is 17.3 Å². The summed E-state index contributed by atoms with van der Waals surface area (Å²) < 4.78 is 0. The van der Waals surface area contributed by atoms with Gasteiger partial charge in [0.2, 0.25) is 0 Å². The first-order valence-electron chi connectivity index (χ1n) is 7.49. The predicted molar refractivity (Wildman–Crippen MR) is 102 cm³/mol. The Balaban J connectivity index is 0.00000264. The lowest BCUT2D eigenvalue weighted by Crippen LogP contribution is -2.31. The quantitative estimate of drug-likeness (QED) is 0.721. The third-order valence-electron chi connectivity index (χ3n) is 3.91. The maximum Gasteiger partial charge on any atom is 0.0758 e. The van der Waals surface area contributed by atoms with E-state index in [1.54, 1.807) is 11.8 Å². The Hall–Kier alpha value is -0.710. The fourth-order valence-electron chi connectivity index (χ4n) is 2.26. The number of hydrogen-bond acceptors (Lipinski definition) is 3. The minimum Gasteiger partial charge on any atom is -0.391 e. The zero-order valence-electron chi connectivity index (χ0n) is 13.3. The van der Waals surface area contributed by atoms with Crippen molar-refractivity contribution in [3.05, 3.63) is 59.1 Å². The van der Waals surface area contributed by atoms with Crippen LogP contribution >= 0.6 is 35.8 Å². The summed E-state index contributed by atoms with van der Waals surface area (Å²) in [6.07, 6.45) is 0.360. The van der Waals surface area contributed by atoms with Crippen LogP contribution in [0.15, 0.2) is 58.3 Å². The average molecular weight is 372 g/mol. The molecule has 0 heterocycles. The van der Waals surface area contributed by atoms with Crippen molar-refractivity contribution in [1.82, 2.24) is 0 Å². The van der Waals surface area contributed by atoms with E-state index in [1.165, 1.54) is 0 Å². The minimum absolute atomic E-state index is 0. The van der Waals surface area contributed by atoms with Crippen molar-refractivity contribution in [2.75, 3.05) is 0 Å². The van der Waals surface area contributed by atoms with Crippen LogP contribution in [0.25, 0.3) is 0 Å². The highest BCUT2D eigenvalue weighted by molar-refractivity contribution is 7.99. The van der Waals surface area contributed by atoms with E-state index in [0.29, 0.717) is 0 Å². The van der Waals surface area contributed by atoms with E-state index in [2.05, 4.69) is 6.92 Å². The predicted octanol–water partition coefficient (Wildman–Crippen LogP) is 5.32. The normalized spacial score (nSPS) is 14.7. The summed E-state index contributed by atoms with van der Waals surface area (Å²) in [6, 6.07) is 15.3. The highest BCUT2D eigenvalue weighted by Gasteiger charge is 2.23. The van der Waals surface area contributed by atoms with Crippen molar-refractivity contribution < 1.29 is 5.11 Å². The largest absolute Gasteiger partial charge is 0.391 e. The second-order valence-corrected chi connectivity index (χ2v) is 7.05. The second-order valence-electron chi connectivity index (χ2n) is 5.50. The van der Waals surface area contributed by atoms with Crippen LogP contribution < -0.4 is 5.73 Å². The molecule has 0 aromatic heterocycles. The summed E-state index contributed by atoms with van der Waals surface area (Å²) in [5.74, 6) is 0.170. The van der Waals surface area contributed by atoms with Gasteiger partial charge in [-0.1, -0.05) is 61.8 Å². The summed E-state index contributed by atoms with van der Waals surface area (Å²) in [6.45, 7) is 4.09. The van der Waals surface area contributed by atoms with E-state index in [-0.39, 0.29) is 24.4 Å². The molecule has 3 atom stereocenters. The van der Waals surface area contributed by atoms with Crippen LogP contribution in [0.1, 0.15) is 31.9 Å². The Kier molecular flexibility index (Phi) is 8.45. The molecule has 0 saturated carbocycles. The smallest absolute Gasteiger partial charge is 0.0758 e. The first-order chi connectivity index (χ1) is 10.5. The molecule has 2 rings (SSSR count). The van der Waals surface area contributed by atoms with Crippen LogP contribution in [0.3, 0.4) is 0 Å². The van der Waals surface area contributed by atoms with Gasteiger partial charge in [-0.15, -0.1) is 12.4 Å². The van der Waals surface area contributed by atoms with E-state index < -0.39 is 6.10 Å². The zero-order chi connectivity index (χ0) is 16.1. The Morgan fingerprint density at radius 2 is 1.74 bits per heavy atom. The van der Waals surface area contributed by atoms with Crippen LogP contribution in [0.4, 0.5) is 0 Å². The highest BCUT2D eigenvalue weighted by Crippen LogP contribution is 2.35. The fraction of sp³-hybridized carbons (Fsp3) is 0.333. The first kappa shape index (κ1) is 20.3. The van der Waals surface area contributed by atoms with Crippen LogP contribution in [0.5, 0.6) is 0 Å². The second kappa shape index (κ2) is 9.55. The minimum atomic E-state index is -0.544. The summed E-state index contributed by atoms with van der Waals surface area (Å²) in [7, 11) is 0. The number of halogens is 2. The molecule has 0 fully saturated rings. The van der Waals surface area contributed by atoms with Gasteiger partial charge in [0.25, 0.3) is 0 Å². The van der Waals surface area contributed by atoms with Gasteiger partial charge in [-0.2, -0.15) is 0 Å². The summed E-state index contributed by atoms with van der Waals surface area (Å²) in [4.78, 5) is 2.17. The topological polar surface area (TPSA) is 46.2 Å². The van der Waals surface area contributed by atoms with Crippen molar-refractivity contribution in [3.8, 4) is 0 Å². The maximum absolute atomic E-state index is 10.4. The molecule has 0 spiro atoms. The molecule has 1 unspecified atom stereocenters. The molecule has 0 aliphatic heterocycles. The summed E-state index contributed by atoms with van der Waals surface area (Å²) >= 11 is 7.56. The number of hydrogen-bond donors (Lipinski definition) is 2. The number of nitrogens with two attached hydrogens (primary N) is 1. The molecule has 2 aromatic rings. The molecule has 0 aliphatic carbocycles. The molecule has 0 saturated heterocycles. The Morgan fingerprint density at radius 1 is 1.13 bits per heavy atom. The molecular weight excluding hydrogens is 349 g/mol. The van der Waals surface area contributed by atoms with Gasteiger partial charge in [0.05, 0.1) is 12.1 Å². The lowest BCUT2D eigenvalue weighted by atomic mass is 9.91. The fourth-order valence-corrected chi connectivity index (χ4v) is 3.38. The van der Waals surface area contributed by atoms with E-state index in [1.807, 2.05) is 55.5 Å². The molecule has 2 aromatic carbocycles. The molecule has 126 valence electrons. The zero-order valence-corrected chi connectivity index (χ0v) is 15.7. The number of aliphatic hydroxyl groups is 1. The summed E-state index contributed by atoms with van der Waals surface area (Å²) in [5, 5.41) is 11.1. The van der Waals surface area contributed by atoms with Gasteiger partial charge < -0.3 is 10.8 Å². The lowest BCUT2D eigenvalue weighted by Gasteiger charge is -2.25. The standard InChI is InChI=1S/C18H22ClNOS.ClH/c1-3-12(2)18(21)17(20)15-6-4-5-7-16(15)22-14-10-8-13(19)9-11-14;/h4-12,17-18,21H,3,20H2,1-2H3;1H/t12?,17-,18+;/m1./s1. The van der Waals surface area contributed by atoms with Crippen molar-refractivity contribution in [3.63, 3.8) is 0 Å². The molecule has 5 heteroatoms.